The second-order valence-corrected chi connectivity index (χ2v) is 7.81. The summed E-state index contributed by atoms with van der Waals surface area (Å²) in [5, 5.41) is 9.65. The fourth-order valence-electron chi connectivity index (χ4n) is 2.05. The molecule has 0 atom stereocenters. The first kappa shape index (κ1) is 17.1. The third-order valence-corrected chi connectivity index (χ3v) is 5.81. The van der Waals surface area contributed by atoms with Crippen molar-refractivity contribution in [2.75, 3.05) is 5.75 Å². The van der Waals surface area contributed by atoms with Gasteiger partial charge in [0.1, 0.15) is 10.8 Å². The molecule has 0 saturated carbocycles. The molecular weight excluding hydrogens is 413 g/mol. The van der Waals surface area contributed by atoms with E-state index in [-0.39, 0.29) is 11.6 Å². The van der Waals surface area contributed by atoms with E-state index in [9.17, 15) is 9.18 Å². The zero-order valence-electron chi connectivity index (χ0n) is 12.2. The van der Waals surface area contributed by atoms with Crippen molar-refractivity contribution in [1.29, 1.82) is 0 Å². The van der Waals surface area contributed by atoms with Crippen molar-refractivity contribution >= 4 is 66.2 Å². The Bertz CT molecular complexity index is 906. The van der Waals surface area contributed by atoms with E-state index in [1.807, 2.05) is 24.3 Å². The number of fused-ring (bicyclic) bond motifs is 1. The first-order chi connectivity index (χ1) is 11.5. The molecule has 2 aromatic carbocycles. The van der Waals surface area contributed by atoms with Crippen molar-refractivity contribution in [2.45, 2.75) is 0 Å². The number of hydrogen-bond acceptors (Lipinski definition) is 4. The van der Waals surface area contributed by atoms with Crippen molar-refractivity contribution < 1.29 is 14.3 Å². The van der Waals surface area contributed by atoms with Crippen molar-refractivity contribution in [1.82, 2.24) is 4.98 Å². The maximum absolute atomic E-state index is 14.0. The number of benzene rings is 2. The van der Waals surface area contributed by atoms with Gasteiger partial charge in [-0.15, -0.1) is 23.1 Å². The maximum atomic E-state index is 14.0. The number of para-hydroxylation sites is 1. The van der Waals surface area contributed by atoms with Gasteiger partial charge in [0.2, 0.25) is 0 Å². The fraction of sp³-hybridized carbons (Fsp3) is 0.0588. The van der Waals surface area contributed by atoms with E-state index in [0.29, 0.717) is 15.5 Å². The minimum Gasteiger partial charge on any atom is -0.481 e. The Kier molecular flexibility index (Phi) is 5.33. The molecule has 122 valence electrons. The molecule has 3 nitrogen and oxygen atoms in total. The molecule has 0 unspecified atom stereocenters. The molecule has 0 bridgehead atoms. The molecule has 1 aromatic heterocycles. The summed E-state index contributed by atoms with van der Waals surface area (Å²) in [5.74, 6) is -1.41. The molecule has 3 aromatic rings. The van der Waals surface area contributed by atoms with Gasteiger partial charge in [-0.3, -0.25) is 4.79 Å². The van der Waals surface area contributed by atoms with Crippen LogP contribution in [-0.2, 0) is 4.79 Å². The van der Waals surface area contributed by atoms with Crippen LogP contribution in [0.5, 0.6) is 0 Å². The summed E-state index contributed by atoms with van der Waals surface area (Å²) in [5.41, 5.74) is 1.23. The van der Waals surface area contributed by atoms with Gasteiger partial charge >= 0.3 is 5.97 Å². The Morgan fingerprint density at radius 2 is 2.12 bits per heavy atom. The quantitative estimate of drug-likeness (QED) is 0.587. The van der Waals surface area contributed by atoms with Gasteiger partial charge in [0.15, 0.2) is 0 Å². The zero-order valence-corrected chi connectivity index (χ0v) is 15.4. The predicted octanol–water partition coefficient (Wildman–Crippen LogP) is 5.51. The van der Waals surface area contributed by atoms with Gasteiger partial charge in [0.05, 0.1) is 16.0 Å². The minimum atomic E-state index is -0.929. The Morgan fingerprint density at radius 1 is 1.33 bits per heavy atom. The van der Waals surface area contributed by atoms with Crippen LogP contribution in [0.2, 0.25) is 0 Å². The highest BCUT2D eigenvalue weighted by Gasteiger charge is 2.13. The molecule has 0 radical (unpaired) electrons. The monoisotopic (exact) mass is 423 g/mol. The van der Waals surface area contributed by atoms with Gasteiger partial charge in [-0.1, -0.05) is 28.1 Å². The largest absolute Gasteiger partial charge is 0.481 e. The molecular formula is C17H11BrFNO2S2. The summed E-state index contributed by atoms with van der Waals surface area (Å²) >= 11 is 5.92. The van der Waals surface area contributed by atoms with Crippen LogP contribution in [0.15, 0.2) is 46.9 Å². The van der Waals surface area contributed by atoms with Crippen LogP contribution in [-0.4, -0.2) is 21.8 Å². The Hall–Kier alpha value is -1.70. The number of carbonyl (C=O) groups is 1. The highest BCUT2D eigenvalue weighted by molar-refractivity contribution is 9.10. The van der Waals surface area contributed by atoms with E-state index in [2.05, 4.69) is 20.9 Å². The summed E-state index contributed by atoms with van der Waals surface area (Å²) < 4.78 is 15.8. The second-order valence-electron chi connectivity index (χ2n) is 4.84. The molecule has 1 heterocycles. The number of aliphatic carboxylic acids is 1. The standard InChI is InChI=1S/C17H11BrFNO2S2/c18-11-5-6-12(19)10(7-11)8-15(23-9-16(21)22)17-20-13-3-1-2-4-14(13)24-17/h1-8H,9H2,(H,21,22)/b15-8-. The first-order valence-corrected chi connectivity index (χ1v) is 9.50. The molecule has 1 N–H and O–H groups in total. The molecule has 0 saturated heterocycles. The first-order valence-electron chi connectivity index (χ1n) is 6.90. The van der Waals surface area contributed by atoms with Crippen LogP contribution < -0.4 is 0 Å². The van der Waals surface area contributed by atoms with E-state index < -0.39 is 5.97 Å². The second kappa shape index (κ2) is 7.46. The van der Waals surface area contributed by atoms with Gasteiger partial charge in [0, 0.05) is 14.9 Å². The number of halogens is 2. The van der Waals surface area contributed by atoms with Gasteiger partial charge < -0.3 is 5.11 Å². The number of thiazole rings is 1. The van der Waals surface area contributed by atoms with E-state index in [1.54, 1.807) is 18.2 Å². The SMILES string of the molecule is O=C(O)CS/C(=C\c1cc(Br)ccc1F)c1nc2ccccc2s1. The zero-order chi connectivity index (χ0) is 17.1. The lowest BCUT2D eigenvalue weighted by Gasteiger charge is -2.04. The summed E-state index contributed by atoms with van der Waals surface area (Å²) in [6.45, 7) is 0. The lowest BCUT2D eigenvalue weighted by molar-refractivity contribution is -0.133. The van der Waals surface area contributed by atoms with Crippen molar-refractivity contribution in [3.05, 3.63) is 63.3 Å². The normalized spacial score (nSPS) is 11.8. The molecule has 0 fully saturated rings. The van der Waals surface area contributed by atoms with E-state index in [1.165, 1.54) is 17.4 Å². The van der Waals surface area contributed by atoms with Gasteiger partial charge in [0.25, 0.3) is 0 Å². The Morgan fingerprint density at radius 3 is 2.88 bits per heavy atom. The van der Waals surface area contributed by atoms with E-state index >= 15 is 0 Å². The third kappa shape index (κ3) is 4.03. The maximum Gasteiger partial charge on any atom is 0.313 e. The predicted molar refractivity (Wildman–Crippen MR) is 102 cm³/mol. The smallest absolute Gasteiger partial charge is 0.313 e. The van der Waals surface area contributed by atoms with Crippen LogP contribution in [0.3, 0.4) is 0 Å². The molecule has 7 heteroatoms. The Balaban J connectivity index is 2.06. The highest BCUT2D eigenvalue weighted by atomic mass is 79.9. The van der Waals surface area contributed by atoms with Gasteiger partial charge in [-0.05, 0) is 36.4 Å². The minimum absolute atomic E-state index is 0.114. The highest BCUT2D eigenvalue weighted by Crippen LogP contribution is 2.35. The fourth-order valence-corrected chi connectivity index (χ4v) is 4.26. The summed E-state index contributed by atoms with van der Waals surface area (Å²) in [6.07, 6.45) is 1.64. The van der Waals surface area contributed by atoms with E-state index in [0.717, 1.165) is 26.5 Å². The van der Waals surface area contributed by atoms with Crippen LogP contribution >= 0.6 is 39.0 Å². The average molecular weight is 424 g/mol. The molecule has 0 spiro atoms. The Labute approximate surface area is 154 Å². The van der Waals surface area contributed by atoms with Gasteiger partial charge in [-0.25, -0.2) is 9.37 Å². The molecule has 24 heavy (non-hydrogen) atoms. The van der Waals surface area contributed by atoms with E-state index in [4.69, 9.17) is 5.11 Å². The number of carboxylic acids is 1. The van der Waals surface area contributed by atoms with Crippen LogP contribution in [0.25, 0.3) is 21.2 Å². The molecule has 0 aliphatic rings. The molecule has 0 amide bonds. The number of nitrogens with zero attached hydrogens (tertiary/aromatic N) is 1. The lowest BCUT2D eigenvalue weighted by Crippen LogP contribution is -1.98. The summed E-state index contributed by atoms with van der Waals surface area (Å²) in [6, 6.07) is 12.3. The average Bonchev–Trinajstić information content (AvgIpc) is 2.98. The van der Waals surface area contributed by atoms with Crippen LogP contribution in [0.4, 0.5) is 4.39 Å². The summed E-state index contributed by atoms with van der Waals surface area (Å²) in [4.78, 5) is 16.1. The van der Waals surface area contributed by atoms with Crippen LogP contribution in [0, 0.1) is 5.82 Å². The van der Waals surface area contributed by atoms with Crippen molar-refractivity contribution in [3.63, 3.8) is 0 Å². The number of hydrogen-bond donors (Lipinski definition) is 1. The third-order valence-electron chi connectivity index (χ3n) is 3.10. The van der Waals surface area contributed by atoms with Crippen molar-refractivity contribution in [3.8, 4) is 0 Å². The topological polar surface area (TPSA) is 50.2 Å². The van der Waals surface area contributed by atoms with Gasteiger partial charge in [-0.2, -0.15) is 0 Å². The van der Waals surface area contributed by atoms with Crippen molar-refractivity contribution in [2.24, 2.45) is 0 Å². The number of aromatic nitrogens is 1. The lowest BCUT2D eigenvalue weighted by atomic mass is 10.2. The molecule has 0 aliphatic heterocycles. The summed E-state index contributed by atoms with van der Waals surface area (Å²) in [7, 11) is 0. The molecule has 0 aliphatic carbocycles. The van der Waals surface area contributed by atoms with Crippen LogP contribution in [0.1, 0.15) is 10.6 Å². The molecule has 3 rings (SSSR count). The number of thioether (sulfide) groups is 1. The number of rotatable bonds is 5. The number of carboxylic acid groups (broad SMARTS) is 1.